The van der Waals surface area contributed by atoms with E-state index in [0.29, 0.717) is 0 Å². The second-order valence-electron chi connectivity index (χ2n) is 4.75. The Balaban J connectivity index is 2.12. The molecule has 1 aliphatic carbocycles. The van der Waals surface area contributed by atoms with E-state index in [2.05, 4.69) is 26.1 Å². The zero-order valence-electron chi connectivity index (χ0n) is 9.47. The lowest BCUT2D eigenvalue weighted by Crippen LogP contribution is -2.35. The molecule has 0 radical (unpaired) electrons. The van der Waals surface area contributed by atoms with Crippen LogP contribution in [0.3, 0.4) is 0 Å². The first-order chi connectivity index (χ1) is 6.24. The quantitative estimate of drug-likeness (QED) is 0.690. The van der Waals surface area contributed by atoms with Gasteiger partial charge in [-0.2, -0.15) is 0 Å². The van der Waals surface area contributed by atoms with Crippen molar-refractivity contribution in [1.29, 1.82) is 0 Å². The summed E-state index contributed by atoms with van der Waals surface area (Å²) in [4.78, 5) is 0. The molecule has 0 amide bonds. The summed E-state index contributed by atoms with van der Waals surface area (Å²) < 4.78 is 0. The predicted molar refractivity (Wildman–Crippen MR) is 58.9 cm³/mol. The van der Waals surface area contributed by atoms with Crippen molar-refractivity contribution >= 4 is 0 Å². The van der Waals surface area contributed by atoms with Gasteiger partial charge in [0.2, 0.25) is 0 Å². The van der Waals surface area contributed by atoms with Crippen molar-refractivity contribution in [2.45, 2.75) is 58.9 Å². The Kier molecular flexibility index (Phi) is 4.79. The highest BCUT2D eigenvalue weighted by Crippen LogP contribution is 2.27. The normalized spacial score (nSPS) is 23.3. The van der Waals surface area contributed by atoms with E-state index < -0.39 is 0 Å². The molecule has 1 N–H and O–H groups in total. The van der Waals surface area contributed by atoms with Crippen LogP contribution in [0, 0.1) is 11.8 Å². The molecule has 1 saturated carbocycles. The average molecular weight is 183 g/mol. The van der Waals surface area contributed by atoms with E-state index in [1.165, 1.54) is 38.6 Å². The van der Waals surface area contributed by atoms with Crippen LogP contribution in [0.4, 0.5) is 0 Å². The van der Waals surface area contributed by atoms with Gasteiger partial charge in [-0.1, -0.05) is 33.1 Å². The fourth-order valence-electron chi connectivity index (χ4n) is 2.16. The molecule has 0 aliphatic heterocycles. The van der Waals surface area contributed by atoms with Gasteiger partial charge in [-0.15, -0.1) is 0 Å². The lowest BCUT2D eigenvalue weighted by molar-refractivity contribution is 0.355. The van der Waals surface area contributed by atoms with Crippen LogP contribution in [0.2, 0.25) is 0 Å². The Morgan fingerprint density at radius 2 is 1.85 bits per heavy atom. The monoisotopic (exact) mass is 183 g/mol. The van der Waals surface area contributed by atoms with E-state index in [-0.39, 0.29) is 0 Å². The summed E-state index contributed by atoms with van der Waals surface area (Å²) in [5.74, 6) is 1.80. The smallest absolute Gasteiger partial charge is 0.00671 e. The Hall–Kier alpha value is -0.0400. The average Bonchev–Trinajstić information content (AvgIpc) is 2.66. The molecule has 13 heavy (non-hydrogen) atoms. The van der Waals surface area contributed by atoms with E-state index in [1.54, 1.807) is 0 Å². The molecule has 0 heterocycles. The predicted octanol–water partition coefficient (Wildman–Crippen LogP) is 3.20. The van der Waals surface area contributed by atoms with Crippen molar-refractivity contribution in [2.24, 2.45) is 11.8 Å². The maximum Gasteiger partial charge on any atom is 0.00671 e. The topological polar surface area (TPSA) is 12.0 Å². The molecule has 1 heteroatoms. The maximum atomic E-state index is 3.68. The van der Waals surface area contributed by atoms with Crippen molar-refractivity contribution in [3.05, 3.63) is 0 Å². The summed E-state index contributed by atoms with van der Waals surface area (Å²) in [5, 5.41) is 3.68. The van der Waals surface area contributed by atoms with E-state index >= 15 is 0 Å². The van der Waals surface area contributed by atoms with E-state index in [4.69, 9.17) is 0 Å². The zero-order valence-corrected chi connectivity index (χ0v) is 9.47. The van der Waals surface area contributed by atoms with Crippen LogP contribution < -0.4 is 5.32 Å². The van der Waals surface area contributed by atoms with Gasteiger partial charge in [-0.25, -0.2) is 0 Å². The largest absolute Gasteiger partial charge is 0.314 e. The highest BCUT2D eigenvalue weighted by Gasteiger charge is 2.20. The second kappa shape index (κ2) is 5.64. The minimum absolute atomic E-state index is 0.747. The van der Waals surface area contributed by atoms with Crippen LogP contribution in [0.25, 0.3) is 0 Å². The van der Waals surface area contributed by atoms with Crippen molar-refractivity contribution in [2.75, 3.05) is 6.54 Å². The van der Waals surface area contributed by atoms with E-state index in [0.717, 1.165) is 17.9 Å². The Bertz CT molecular complexity index is 127. The molecule has 1 fully saturated rings. The molecular formula is C12H25N. The van der Waals surface area contributed by atoms with Crippen LogP contribution in [-0.2, 0) is 0 Å². The highest BCUT2D eigenvalue weighted by atomic mass is 14.9. The third-order valence-corrected chi connectivity index (χ3v) is 3.59. The fraction of sp³-hybridized carbons (Fsp3) is 1.00. The summed E-state index contributed by atoms with van der Waals surface area (Å²) in [5.41, 5.74) is 0. The van der Waals surface area contributed by atoms with Gasteiger partial charge in [0.05, 0.1) is 0 Å². The minimum Gasteiger partial charge on any atom is -0.314 e. The van der Waals surface area contributed by atoms with E-state index in [9.17, 15) is 0 Å². The lowest BCUT2D eigenvalue weighted by Gasteiger charge is -2.22. The van der Waals surface area contributed by atoms with Crippen LogP contribution in [0.15, 0.2) is 0 Å². The third kappa shape index (κ3) is 3.68. The molecule has 1 rings (SSSR count). The van der Waals surface area contributed by atoms with E-state index in [1.807, 2.05) is 0 Å². The van der Waals surface area contributed by atoms with Gasteiger partial charge in [-0.05, 0) is 38.1 Å². The summed E-state index contributed by atoms with van der Waals surface area (Å²) in [6, 6.07) is 0.747. The first kappa shape index (κ1) is 11.0. The molecular weight excluding hydrogens is 158 g/mol. The molecule has 78 valence electrons. The van der Waals surface area contributed by atoms with Gasteiger partial charge in [0.25, 0.3) is 0 Å². The van der Waals surface area contributed by atoms with Crippen molar-refractivity contribution in [3.8, 4) is 0 Å². The number of nitrogens with one attached hydrogen (secondary N) is 1. The van der Waals surface area contributed by atoms with Crippen LogP contribution in [-0.4, -0.2) is 12.6 Å². The van der Waals surface area contributed by atoms with Gasteiger partial charge >= 0.3 is 0 Å². The maximum absolute atomic E-state index is 3.68. The summed E-state index contributed by atoms with van der Waals surface area (Å²) >= 11 is 0. The molecule has 1 unspecified atom stereocenters. The first-order valence-electron chi connectivity index (χ1n) is 5.97. The van der Waals surface area contributed by atoms with Crippen molar-refractivity contribution in [3.63, 3.8) is 0 Å². The van der Waals surface area contributed by atoms with Gasteiger partial charge < -0.3 is 5.32 Å². The number of rotatable bonds is 5. The molecule has 2 atom stereocenters. The molecule has 0 saturated heterocycles. The summed E-state index contributed by atoms with van der Waals surface area (Å²) in [6.45, 7) is 8.16. The van der Waals surface area contributed by atoms with Gasteiger partial charge in [0.15, 0.2) is 0 Å². The standard InChI is InChI=1S/C12H25N/c1-4-10(2)9-13-11(3)12-7-5-6-8-12/h10-13H,4-9H2,1-3H3/t10?,11-/m1/s1. The second-order valence-corrected chi connectivity index (χ2v) is 4.75. The van der Waals surface area contributed by atoms with Crippen molar-refractivity contribution < 1.29 is 0 Å². The lowest BCUT2D eigenvalue weighted by atomic mass is 9.99. The SMILES string of the molecule is CCC(C)CN[C@H](C)C1CCCC1. The molecule has 1 nitrogen and oxygen atoms in total. The van der Waals surface area contributed by atoms with Gasteiger partial charge in [-0.3, -0.25) is 0 Å². The van der Waals surface area contributed by atoms with Crippen LogP contribution >= 0.6 is 0 Å². The molecule has 1 aliphatic rings. The first-order valence-corrected chi connectivity index (χ1v) is 5.97. The number of hydrogen-bond acceptors (Lipinski definition) is 1. The molecule has 0 spiro atoms. The summed E-state index contributed by atoms with van der Waals surface area (Å²) in [6.07, 6.45) is 7.12. The molecule has 0 aromatic rings. The highest BCUT2D eigenvalue weighted by molar-refractivity contribution is 4.77. The Morgan fingerprint density at radius 1 is 1.23 bits per heavy atom. The Morgan fingerprint density at radius 3 is 2.38 bits per heavy atom. The number of hydrogen-bond donors (Lipinski definition) is 1. The Labute approximate surface area is 83.3 Å². The van der Waals surface area contributed by atoms with Crippen molar-refractivity contribution in [1.82, 2.24) is 5.32 Å². The van der Waals surface area contributed by atoms with Crippen LogP contribution in [0.1, 0.15) is 52.9 Å². The molecule has 0 aromatic carbocycles. The molecule has 0 aromatic heterocycles. The minimum atomic E-state index is 0.747. The van der Waals surface area contributed by atoms with Gasteiger partial charge in [0, 0.05) is 6.04 Å². The zero-order chi connectivity index (χ0) is 9.68. The van der Waals surface area contributed by atoms with Gasteiger partial charge in [0.1, 0.15) is 0 Å². The summed E-state index contributed by atoms with van der Waals surface area (Å²) in [7, 11) is 0. The third-order valence-electron chi connectivity index (χ3n) is 3.59. The molecule has 0 bridgehead atoms. The van der Waals surface area contributed by atoms with Crippen LogP contribution in [0.5, 0.6) is 0 Å². The fourth-order valence-corrected chi connectivity index (χ4v) is 2.16.